The van der Waals surface area contributed by atoms with Crippen LogP contribution < -0.4 is 10.5 Å². The van der Waals surface area contributed by atoms with Crippen LogP contribution in [-0.2, 0) is 11.3 Å². The van der Waals surface area contributed by atoms with Gasteiger partial charge in [-0.3, -0.25) is 4.79 Å². The first-order valence-electron chi connectivity index (χ1n) is 6.47. The Bertz CT molecular complexity index is 433. The normalized spacial score (nSPS) is 12.1. The van der Waals surface area contributed by atoms with E-state index in [-0.39, 0.29) is 5.91 Å². The summed E-state index contributed by atoms with van der Waals surface area (Å²) in [7, 11) is 0. The molecule has 1 rings (SSSR count). The van der Waals surface area contributed by atoms with Crippen molar-refractivity contribution in [3.05, 3.63) is 28.8 Å². The van der Waals surface area contributed by atoms with Crippen LogP contribution >= 0.6 is 11.6 Å². The van der Waals surface area contributed by atoms with Crippen LogP contribution in [0.25, 0.3) is 0 Å². The summed E-state index contributed by atoms with van der Waals surface area (Å²) in [5, 5.41) is 0.474. The van der Waals surface area contributed by atoms with Crippen molar-refractivity contribution >= 4 is 17.5 Å². The van der Waals surface area contributed by atoms with Crippen LogP contribution in [0.2, 0.25) is 5.02 Å². The zero-order valence-corrected chi connectivity index (χ0v) is 12.4. The van der Waals surface area contributed by atoms with E-state index in [9.17, 15) is 4.79 Å². The van der Waals surface area contributed by atoms with Crippen LogP contribution in [0.1, 0.15) is 26.3 Å². The molecule has 0 bridgehead atoms. The van der Waals surface area contributed by atoms with Crippen molar-refractivity contribution in [3.63, 3.8) is 0 Å². The van der Waals surface area contributed by atoms with Crippen molar-refractivity contribution < 1.29 is 9.53 Å². The lowest BCUT2D eigenvalue weighted by Crippen LogP contribution is -2.40. The summed E-state index contributed by atoms with van der Waals surface area (Å²) >= 11 is 6.10. The first-order valence-corrected chi connectivity index (χ1v) is 6.85. The molecule has 106 valence electrons. The zero-order chi connectivity index (χ0) is 14.4. The predicted molar refractivity (Wildman–Crippen MR) is 77.4 cm³/mol. The molecule has 4 nitrogen and oxygen atoms in total. The summed E-state index contributed by atoms with van der Waals surface area (Å²) < 4.78 is 5.63. The third-order valence-corrected chi connectivity index (χ3v) is 3.25. The Morgan fingerprint density at radius 2 is 2.05 bits per heavy atom. The van der Waals surface area contributed by atoms with Crippen molar-refractivity contribution in [3.8, 4) is 5.75 Å². The van der Waals surface area contributed by atoms with Gasteiger partial charge in [0.2, 0.25) is 0 Å². The van der Waals surface area contributed by atoms with E-state index in [1.54, 1.807) is 24.0 Å². The topological polar surface area (TPSA) is 55.6 Å². The molecule has 1 aromatic carbocycles. The summed E-state index contributed by atoms with van der Waals surface area (Å²) in [6.07, 6.45) is -0.555. The molecule has 19 heavy (non-hydrogen) atoms. The van der Waals surface area contributed by atoms with Gasteiger partial charge < -0.3 is 15.4 Å². The van der Waals surface area contributed by atoms with Gasteiger partial charge in [0, 0.05) is 19.6 Å². The van der Waals surface area contributed by atoms with Crippen LogP contribution in [0, 0.1) is 0 Å². The molecule has 1 unspecified atom stereocenters. The van der Waals surface area contributed by atoms with Crippen LogP contribution in [0.3, 0.4) is 0 Å². The van der Waals surface area contributed by atoms with Crippen molar-refractivity contribution in [2.45, 2.75) is 33.4 Å². The molecule has 2 N–H and O–H groups in total. The summed E-state index contributed by atoms with van der Waals surface area (Å²) in [6, 6.07) is 5.35. The number of hydrogen-bond acceptors (Lipinski definition) is 3. The maximum absolute atomic E-state index is 12.1. The van der Waals surface area contributed by atoms with E-state index in [4.69, 9.17) is 22.1 Å². The monoisotopic (exact) mass is 284 g/mol. The lowest BCUT2D eigenvalue weighted by atomic mass is 10.2. The number of rotatable bonds is 6. The number of carbonyl (C=O) groups is 1. The molecule has 0 saturated carbocycles. The van der Waals surface area contributed by atoms with Gasteiger partial charge >= 0.3 is 0 Å². The first kappa shape index (κ1) is 15.8. The van der Waals surface area contributed by atoms with E-state index >= 15 is 0 Å². The minimum Gasteiger partial charge on any atom is -0.479 e. The smallest absolute Gasteiger partial charge is 0.263 e. The first-order chi connectivity index (χ1) is 9.03. The Balaban J connectivity index is 2.76. The molecule has 1 atom stereocenters. The maximum Gasteiger partial charge on any atom is 0.263 e. The van der Waals surface area contributed by atoms with E-state index in [0.29, 0.717) is 30.4 Å². The van der Waals surface area contributed by atoms with Crippen LogP contribution in [0.4, 0.5) is 0 Å². The van der Waals surface area contributed by atoms with Gasteiger partial charge in [0.15, 0.2) is 6.10 Å². The molecular weight excluding hydrogens is 264 g/mol. The van der Waals surface area contributed by atoms with E-state index in [1.165, 1.54) is 0 Å². The number of nitrogens with zero attached hydrogens (tertiary/aromatic N) is 1. The van der Waals surface area contributed by atoms with Crippen LogP contribution in [0.15, 0.2) is 18.2 Å². The summed E-state index contributed by atoms with van der Waals surface area (Å²) in [6.45, 7) is 7.38. The van der Waals surface area contributed by atoms with Gasteiger partial charge in [0.1, 0.15) is 5.75 Å². The SMILES string of the molecule is CCN(CC)C(=O)C(C)Oc1ccc(CN)cc1Cl. The summed E-state index contributed by atoms with van der Waals surface area (Å²) in [5.41, 5.74) is 6.46. The maximum atomic E-state index is 12.1. The predicted octanol–water partition coefficient (Wildman–Crippen LogP) is 2.43. The van der Waals surface area contributed by atoms with Crippen molar-refractivity contribution in [1.82, 2.24) is 4.90 Å². The van der Waals surface area contributed by atoms with E-state index < -0.39 is 6.10 Å². The fourth-order valence-corrected chi connectivity index (χ4v) is 2.05. The Hall–Kier alpha value is -1.26. The molecule has 0 saturated heterocycles. The Morgan fingerprint density at radius 3 is 2.53 bits per heavy atom. The molecule has 0 aliphatic heterocycles. The second kappa shape index (κ2) is 7.36. The standard InChI is InChI=1S/C14H21ClN2O2/c1-4-17(5-2)14(18)10(3)19-13-7-6-11(9-16)8-12(13)15/h6-8,10H,4-5,9,16H2,1-3H3. The van der Waals surface area contributed by atoms with E-state index in [0.717, 1.165) is 5.56 Å². The Labute approximate surface area is 119 Å². The highest BCUT2D eigenvalue weighted by atomic mass is 35.5. The summed E-state index contributed by atoms with van der Waals surface area (Å²) in [4.78, 5) is 13.8. The van der Waals surface area contributed by atoms with Gasteiger partial charge in [0.25, 0.3) is 5.91 Å². The zero-order valence-electron chi connectivity index (χ0n) is 11.6. The molecule has 0 aliphatic carbocycles. The number of benzene rings is 1. The highest BCUT2D eigenvalue weighted by molar-refractivity contribution is 6.32. The number of likely N-dealkylation sites (N-methyl/N-ethyl adjacent to an activating group) is 1. The molecule has 0 aliphatic rings. The lowest BCUT2D eigenvalue weighted by Gasteiger charge is -2.23. The van der Waals surface area contributed by atoms with Crippen molar-refractivity contribution in [1.29, 1.82) is 0 Å². The van der Waals surface area contributed by atoms with E-state index in [2.05, 4.69) is 0 Å². The molecule has 5 heteroatoms. The van der Waals surface area contributed by atoms with Gasteiger partial charge in [-0.25, -0.2) is 0 Å². The number of ether oxygens (including phenoxy) is 1. The lowest BCUT2D eigenvalue weighted by molar-refractivity contribution is -0.137. The number of halogens is 1. The largest absolute Gasteiger partial charge is 0.479 e. The fourth-order valence-electron chi connectivity index (χ4n) is 1.80. The number of hydrogen-bond donors (Lipinski definition) is 1. The average molecular weight is 285 g/mol. The Morgan fingerprint density at radius 1 is 1.42 bits per heavy atom. The third-order valence-electron chi connectivity index (χ3n) is 2.96. The molecule has 0 spiro atoms. The minimum atomic E-state index is -0.555. The summed E-state index contributed by atoms with van der Waals surface area (Å²) in [5.74, 6) is 0.468. The van der Waals surface area contributed by atoms with Gasteiger partial charge in [-0.15, -0.1) is 0 Å². The van der Waals surface area contributed by atoms with Crippen molar-refractivity contribution in [2.24, 2.45) is 5.73 Å². The van der Waals surface area contributed by atoms with Gasteiger partial charge in [-0.2, -0.15) is 0 Å². The highest BCUT2D eigenvalue weighted by Gasteiger charge is 2.20. The molecule has 0 aromatic heterocycles. The quantitative estimate of drug-likeness (QED) is 0.873. The number of nitrogens with two attached hydrogens (primary N) is 1. The van der Waals surface area contributed by atoms with Gasteiger partial charge in [-0.1, -0.05) is 17.7 Å². The van der Waals surface area contributed by atoms with Crippen molar-refractivity contribution in [2.75, 3.05) is 13.1 Å². The Kier molecular flexibility index (Phi) is 6.12. The third kappa shape index (κ3) is 4.11. The molecular formula is C14H21ClN2O2. The molecule has 1 aromatic rings. The van der Waals surface area contributed by atoms with Gasteiger partial charge in [0.05, 0.1) is 5.02 Å². The number of amides is 1. The highest BCUT2D eigenvalue weighted by Crippen LogP contribution is 2.26. The average Bonchev–Trinajstić information content (AvgIpc) is 2.42. The minimum absolute atomic E-state index is 0.0380. The van der Waals surface area contributed by atoms with Crippen LogP contribution in [-0.4, -0.2) is 30.0 Å². The number of carbonyl (C=O) groups excluding carboxylic acids is 1. The second-order valence-electron chi connectivity index (χ2n) is 4.24. The fraction of sp³-hybridized carbons (Fsp3) is 0.500. The van der Waals surface area contributed by atoms with E-state index in [1.807, 2.05) is 19.9 Å². The second-order valence-corrected chi connectivity index (χ2v) is 4.65. The molecule has 0 fully saturated rings. The van der Waals surface area contributed by atoms with Crippen LogP contribution in [0.5, 0.6) is 5.75 Å². The molecule has 0 radical (unpaired) electrons. The van der Waals surface area contributed by atoms with Gasteiger partial charge in [-0.05, 0) is 38.5 Å². The molecule has 1 amide bonds. The molecule has 0 heterocycles.